The van der Waals surface area contributed by atoms with E-state index >= 15 is 0 Å². The van der Waals surface area contributed by atoms with Crippen molar-refractivity contribution in [2.45, 2.75) is 55.5 Å². The lowest BCUT2D eigenvalue weighted by Crippen LogP contribution is -2.55. The zero-order valence-electron chi connectivity index (χ0n) is 23.1. The summed E-state index contributed by atoms with van der Waals surface area (Å²) in [6, 6.07) is 12.9. The first-order valence-corrected chi connectivity index (χ1v) is 16.0. The summed E-state index contributed by atoms with van der Waals surface area (Å²) in [5.74, 6) is -0.900. The van der Waals surface area contributed by atoms with Gasteiger partial charge < -0.3 is 14.9 Å². The summed E-state index contributed by atoms with van der Waals surface area (Å²) in [4.78, 5) is 17.1. The highest BCUT2D eigenvalue weighted by Gasteiger charge is 2.43. The molecule has 3 saturated heterocycles. The number of aromatic hydroxyl groups is 1. The van der Waals surface area contributed by atoms with E-state index in [0.717, 1.165) is 24.5 Å². The Hall–Kier alpha value is -3.21. The Bertz CT molecular complexity index is 1610. The van der Waals surface area contributed by atoms with Gasteiger partial charge in [-0.3, -0.25) is 4.79 Å². The van der Waals surface area contributed by atoms with Crippen LogP contribution in [0.1, 0.15) is 53.1 Å². The van der Waals surface area contributed by atoms with Crippen molar-refractivity contribution in [2.24, 2.45) is 0 Å². The number of sulfonamides is 1. The molecule has 3 heterocycles. The maximum absolute atomic E-state index is 13.8. The van der Waals surface area contributed by atoms with Crippen molar-refractivity contribution in [2.75, 3.05) is 31.1 Å². The standard InChI is InChI=1S/C31H32ClF2N3O4S/c1-19-14-26(42(40,41)36-12-10-21(11-13-36)20-2-4-22(33)5-3-20)16-29(30(19)38)37-24-7-8-25(37)18-35(17-24)31(39)27-9-6-23(34)15-28(27)32/h2-6,9,14-16,21,24-25,38H,7-8,10-13,17-18H2,1H3/t24-,25+. The number of aryl methyl sites for hydroxylation is 1. The smallest absolute Gasteiger partial charge is 0.255 e. The van der Waals surface area contributed by atoms with Gasteiger partial charge in [-0.15, -0.1) is 0 Å². The molecule has 0 unspecified atom stereocenters. The Balaban J connectivity index is 1.21. The third-order valence-corrected chi connectivity index (χ3v) is 11.1. The summed E-state index contributed by atoms with van der Waals surface area (Å²) in [6.07, 6.45) is 2.82. The molecule has 6 rings (SSSR count). The number of fused-ring (bicyclic) bond motifs is 2. The van der Waals surface area contributed by atoms with E-state index in [0.29, 0.717) is 50.3 Å². The van der Waals surface area contributed by atoms with Crippen LogP contribution in [-0.2, 0) is 10.0 Å². The van der Waals surface area contributed by atoms with Crippen molar-refractivity contribution >= 4 is 33.2 Å². The molecule has 2 bridgehead atoms. The number of nitrogens with zero attached hydrogens (tertiary/aromatic N) is 3. The number of carbonyl (C=O) groups excluding carboxylic acids is 1. The summed E-state index contributed by atoms with van der Waals surface area (Å²) in [7, 11) is -3.83. The van der Waals surface area contributed by atoms with Crippen molar-refractivity contribution in [3.63, 3.8) is 0 Å². The fourth-order valence-electron chi connectivity index (χ4n) is 6.68. The van der Waals surface area contributed by atoms with Crippen molar-refractivity contribution < 1.29 is 27.1 Å². The number of hydrogen-bond acceptors (Lipinski definition) is 5. The van der Waals surface area contributed by atoms with Gasteiger partial charge in [-0.2, -0.15) is 4.31 Å². The zero-order valence-corrected chi connectivity index (χ0v) is 24.7. The second-order valence-electron chi connectivity index (χ2n) is 11.5. The fourth-order valence-corrected chi connectivity index (χ4v) is 8.51. The highest BCUT2D eigenvalue weighted by molar-refractivity contribution is 7.89. The Labute approximate surface area is 249 Å². The number of halogens is 3. The van der Waals surface area contributed by atoms with Gasteiger partial charge in [0.1, 0.15) is 17.4 Å². The number of amides is 1. The van der Waals surface area contributed by atoms with Crippen LogP contribution in [0.5, 0.6) is 5.75 Å². The Morgan fingerprint density at radius 3 is 2.14 bits per heavy atom. The van der Waals surface area contributed by atoms with Crippen LogP contribution in [-0.4, -0.2) is 66.9 Å². The van der Waals surface area contributed by atoms with Gasteiger partial charge in [0, 0.05) is 38.3 Å². The highest BCUT2D eigenvalue weighted by Crippen LogP contribution is 2.43. The molecule has 1 N–H and O–H groups in total. The fraction of sp³-hybridized carbons (Fsp3) is 0.387. The number of likely N-dealkylation sites (tertiary alicyclic amines) is 1. The first-order valence-electron chi connectivity index (χ1n) is 14.1. The average Bonchev–Trinajstić information content (AvgIpc) is 3.22. The van der Waals surface area contributed by atoms with E-state index in [9.17, 15) is 27.1 Å². The van der Waals surface area contributed by atoms with Gasteiger partial charge >= 0.3 is 0 Å². The summed E-state index contributed by atoms with van der Waals surface area (Å²) in [5.41, 5.74) is 2.16. The van der Waals surface area contributed by atoms with Crippen LogP contribution in [0.4, 0.5) is 14.5 Å². The topological polar surface area (TPSA) is 81.2 Å². The minimum absolute atomic E-state index is 0.0298. The van der Waals surface area contributed by atoms with E-state index in [2.05, 4.69) is 4.90 Å². The Morgan fingerprint density at radius 2 is 1.52 bits per heavy atom. The van der Waals surface area contributed by atoms with Crippen molar-refractivity contribution in [3.05, 3.63) is 87.9 Å². The molecule has 0 aromatic heterocycles. The predicted octanol–water partition coefficient (Wildman–Crippen LogP) is 5.69. The monoisotopic (exact) mass is 615 g/mol. The van der Waals surface area contributed by atoms with E-state index in [1.807, 2.05) is 0 Å². The zero-order chi connectivity index (χ0) is 29.8. The van der Waals surface area contributed by atoms with E-state index in [1.165, 1.54) is 34.6 Å². The molecule has 0 aliphatic carbocycles. The van der Waals surface area contributed by atoms with Gasteiger partial charge in [-0.1, -0.05) is 23.7 Å². The number of benzene rings is 3. The number of phenolic OH excluding ortho intramolecular Hbond substituents is 1. The Morgan fingerprint density at radius 1 is 0.905 bits per heavy atom. The van der Waals surface area contributed by atoms with Crippen LogP contribution in [0.2, 0.25) is 5.02 Å². The van der Waals surface area contributed by atoms with Crippen molar-refractivity contribution in [3.8, 4) is 5.75 Å². The minimum Gasteiger partial charge on any atom is -0.505 e. The van der Waals surface area contributed by atoms with Gasteiger partial charge in [0.15, 0.2) is 0 Å². The third kappa shape index (κ3) is 5.24. The van der Waals surface area contributed by atoms with Crippen LogP contribution < -0.4 is 4.90 Å². The normalized spacial score (nSPS) is 21.6. The number of phenols is 1. The Kier molecular flexibility index (Phi) is 7.66. The number of hydrogen-bond donors (Lipinski definition) is 1. The quantitative estimate of drug-likeness (QED) is 0.399. The second kappa shape index (κ2) is 11.1. The maximum Gasteiger partial charge on any atom is 0.255 e. The molecular weight excluding hydrogens is 584 g/mol. The molecule has 42 heavy (non-hydrogen) atoms. The number of rotatable bonds is 5. The minimum atomic E-state index is -3.83. The number of anilines is 1. The lowest BCUT2D eigenvalue weighted by Gasteiger charge is -2.43. The lowest BCUT2D eigenvalue weighted by molar-refractivity contribution is 0.0718. The van der Waals surface area contributed by atoms with Crippen LogP contribution in [0.3, 0.4) is 0 Å². The van der Waals surface area contributed by atoms with Crippen LogP contribution in [0.15, 0.2) is 59.5 Å². The highest BCUT2D eigenvalue weighted by atomic mass is 35.5. The number of carbonyl (C=O) groups is 1. The van der Waals surface area contributed by atoms with Gasteiger partial charge in [-0.05, 0) is 92.1 Å². The van der Waals surface area contributed by atoms with Gasteiger partial charge in [-0.25, -0.2) is 17.2 Å². The molecule has 7 nitrogen and oxygen atoms in total. The molecule has 3 aromatic rings. The van der Waals surface area contributed by atoms with E-state index in [1.54, 1.807) is 30.0 Å². The first kappa shape index (κ1) is 28.9. The molecule has 0 radical (unpaired) electrons. The first-order chi connectivity index (χ1) is 20.0. The van der Waals surface area contributed by atoms with Crippen LogP contribution in [0.25, 0.3) is 0 Å². The van der Waals surface area contributed by atoms with Crippen LogP contribution >= 0.6 is 11.6 Å². The molecule has 0 spiro atoms. The molecule has 222 valence electrons. The van der Waals surface area contributed by atoms with E-state index in [-0.39, 0.29) is 51.0 Å². The average molecular weight is 616 g/mol. The van der Waals surface area contributed by atoms with Gasteiger partial charge in [0.25, 0.3) is 5.91 Å². The second-order valence-corrected chi connectivity index (χ2v) is 13.8. The molecule has 0 saturated carbocycles. The summed E-state index contributed by atoms with van der Waals surface area (Å²) in [6.45, 7) is 3.12. The predicted molar refractivity (Wildman–Crippen MR) is 157 cm³/mol. The SMILES string of the molecule is Cc1cc(S(=O)(=O)N2CCC(c3ccc(F)cc3)CC2)cc(N2[C@@H]3CC[C@H]2CN(C(=O)c2ccc(F)cc2Cl)C3)c1O. The van der Waals surface area contributed by atoms with E-state index in [4.69, 9.17) is 11.6 Å². The molecule has 3 fully saturated rings. The molecule has 11 heteroatoms. The largest absolute Gasteiger partial charge is 0.505 e. The molecule has 3 aliphatic heterocycles. The van der Waals surface area contributed by atoms with Gasteiger partial charge in [0.05, 0.1) is 21.2 Å². The lowest BCUT2D eigenvalue weighted by atomic mass is 9.90. The van der Waals surface area contributed by atoms with Gasteiger partial charge in [0.2, 0.25) is 10.0 Å². The number of piperidine rings is 1. The van der Waals surface area contributed by atoms with E-state index < -0.39 is 15.8 Å². The summed E-state index contributed by atoms with van der Waals surface area (Å²) >= 11 is 6.16. The third-order valence-electron chi connectivity index (χ3n) is 8.90. The van der Waals surface area contributed by atoms with Crippen LogP contribution in [0, 0.1) is 18.6 Å². The molecule has 3 aromatic carbocycles. The number of piperazine rings is 1. The maximum atomic E-state index is 13.8. The summed E-state index contributed by atoms with van der Waals surface area (Å²) < 4.78 is 56.0. The van der Waals surface area contributed by atoms with Crippen molar-refractivity contribution in [1.29, 1.82) is 0 Å². The van der Waals surface area contributed by atoms with Crippen molar-refractivity contribution in [1.82, 2.24) is 9.21 Å². The molecule has 3 aliphatic rings. The molecule has 1 amide bonds. The molecule has 2 atom stereocenters. The summed E-state index contributed by atoms with van der Waals surface area (Å²) in [5, 5.41) is 11.2. The molecular formula is C31H32ClF2N3O4S.